The summed E-state index contributed by atoms with van der Waals surface area (Å²) in [7, 11) is 0. The first-order valence-corrected chi connectivity index (χ1v) is 12.6. The van der Waals surface area contributed by atoms with Gasteiger partial charge in [-0.05, 0) is 60.4 Å². The molecule has 0 aromatic heterocycles. The van der Waals surface area contributed by atoms with Gasteiger partial charge in [-0.3, -0.25) is 19.4 Å². The molecule has 0 atom stereocenters. The Bertz CT molecular complexity index is 1040. The molecule has 2 rings (SSSR count). The number of aliphatic carboxylic acids is 2. The molecule has 234 valence electrons. The summed E-state index contributed by atoms with van der Waals surface area (Å²) in [6.45, 7) is 5.64. The number of hydrogen-bond acceptors (Lipinski definition) is 12. The van der Waals surface area contributed by atoms with E-state index in [0.29, 0.717) is 22.6 Å². The van der Waals surface area contributed by atoms with E-state index < -0.39 is 25.4 Å². The first-order chi connectivity index (χ1) is 20.1. The molecular weight excluding hydrogens is 556 g/mol. The molecule has 0 radical (unpaired) electrons. The number of nitrogens with zero attached hydrogens (tertiary/aromatic N) is 2. The monoisotopic (exact) mass is 596 g/mol. The van der Waals surface area contributed by atoms with Crippen LogP contribution in [0.3, 0.4) is 0 Å². The van der Waals surface area contributed by atoms with Gasteiger partial charge in [0.2, 0.25) is 0 Å². The lowest BCUT2D eigenvalue weighted by Gasteiger charge is -2.23. The van der Waals surface area contributed by atoms with E-state index in [1.165, 1.54) is 9.80 Å². The Morgan fingerprint density at radius 2 is 1.00 bits per heavy atom. The van der Waals surface area contributed by atoms with Gasteiger partial charge >= 0.3 is 11.9 Å². The van der Waals surface area contributed by atoms with Gasteiger partial charge in [-0.25, -0.2) is 0 Å². The average molecular weight is 597 g/mol. The Hall–Kier alpha value is -3.92. The molecule has 0 aliphatic rings. The van der Waals surface area contributed by atoms with Crippen LogP contribution in [-0.4, -0.2) is 119 Å². The lowest BCUT2D eigenvalue weighted by molar-refractivity contribution is -0.140. The molecule has 0 heterocycles. The molecule has 0 saturated heterocycles. The van der Waals surface area contributed by atoms with Gasteiger partial charge in [-0.1, -0.05) is 0 Å². The second kappa shape index (κ2) is 20.9. The van der Waals surface area contributed by atoms with E-state index in [1.54, 1.807) is 12.1 Å². The standard InChI is InChI=1S/C26H36N2O10.2CH2O/c1-17-7-19(9-21(25(17)37-5-3-29)11-27(15-31)13-23(33)34)20-8-18(2)26(38-6-4-30)22(10-20)12-28(16-32)14-24(35)36;2*1-2/h7-10,29-32H,3-6,11-16H2,1-2H3,(H,33,34)(H,35,36);2*1H2. The molecular formula is C28H40N2O12. The van der Waals surface area contributed by atoms with Crippen LogP contribution in [0.4, 0.5) is 0 Å². The van der Waals surface area contributed by atoms with Crippen molar-refractivity contribution in [1.82, 2.24) is 9.80 Å². The van der Waals surface area contributed by atoms with Gasteiger partial charge in [0.25, 0.3) is 0 Å². The number of carbonyl (C=O) groups excluding carboxylic acids is 2. The topological polar surface area (TPSA) is 215 Å². The van der Waals surface area contributed by atoms with Gasteiger partial charge in [-0.2, -0.15) is 0 Å². The predicted octanol–water partition coefficient (Wildman–Crippen LogP) is 0.0156. The maximum Gasteiger partial charge on any atom is 0.317 e. The Labute approximate surface area is 243 Å². The average Bonchev–Trinajstić information content (AvgIpc) is 2.96. The number of aryl methyl sites for hydroxylation is 2. The fourth-order valence-electron chi connectivity index (χ4n) is 4.15. The first kappa shape index (κ1) is 38.1. The van der Waals surface area contributed by atoms with E-state index in [1.807, 2.05) is 39.6 Å². The Morgan fingerprint density at radius 3 is 1.26 bits per heavy atom. The number of rotatable bonds is 17. The van der Waals surface area contributed by atoms with Gasteiger partial charge in [0.05, 0.1) is 39.8 Å². The molecule has 14 heteroatoms. The maximum absolute atomic E-state index is 11.2. The summed E-state index contributed by atoms with van der Waals surface area (Å²) in [5, 5.41) is 56.2. The van der Waals surface area contributed by atoms with Crippen LogP contribution in [0.2, 0.25) is 0 Å². The van der Waals surface area contributed by atoms with E-state index in [-0.39, 0.29) is 52.6 Å². The third kappa shape index (κ3) is 12.3. The van der Waals surface area contributed by atoms with Crippen molar-refractivity contribution in [3.63, 3.8) is 0 Å². The molecule has 0 bridgehead atoms. The molecule has 0 fully saturated rings. The molecule has 0 aliphatic heterocycles. The quantitative estimate of drug-likeness (QED) is 0.133. The Balaban J connectivity index is 0.00000402. The zero-order valence-electron chi connectivity index (χ0n) is 23.8. The van der Waals surface area contributed by atoms with Crippen LogP contribution < -0.4 is 9.47 Å². The summed E-state index contributed by atoms with van der Waals surface area (Å²) in [5.41, 5.74) is 4.14. The van der Waals surface area contributed by atoms with Gasteiger partial charge in [0.1, 0.15) is 38.3 Å². The van der Waals surface area contributed by atoms with Gasteiger partial charge in [-0.15, -0.1) is 0 Å². The molecule has 0 amide bonds. The number of hydrogen-bond donors (Lipinski definition) is 6. The Morgan fingerprint density at radius 1 is 0.667 bits per heavy atom. The zero-order valence-corrected chi connectivity index (χ0v) is 23.8. The molecule has 0 saturated carbocycles. The fraction of sp³-hybridized carbons (Fsp3) is 0.429. The fourth-order valence-corrected chi connectivity index (χ4v) is 4.15. The minimum atomic E-state index is -1.10. The van der Waals surface area contributed by atoms with Crippen LogP contribution in [0.5, 0.6) is 11.5 Å². The van der Waals surface area contributed by atoms with Crippen LogP contribution in [0.25, 0.3) is 11.1 Å². The minimum Gasteiger partial charge on any atom is -0.491 e. The number of ether oxygens (including phenoxy) is 2. The summed E-state index contributed by atoms with van der Waals surface area (Å²) >= 11 is 0. The highest BCUT2D eigenvalue weighted by atomic mass is 16.5. The van der Waals surface area contributed by atoms with Crippen molar-refractivity contribution in [3.05, 3.63) is 46.5 Å². The van der Waals surface area contributed by atoms with Crippen LogP contribution in [0, 0.1) is 13.8 Å². The molecule has 0 unspecified atom stereocenters. The van der Waals surface area contributed by atoms with Gasteiger partial charge < -0.3 is 49.7 Å². The van der Waals surface area contributed by atoms with Crippen molar-refractivity contribution < 1.29 is 59.3 Å². The summed E-state index contributed by atoms with van der Waals surface area (Å²) < 4.78 is 11.5. The largest absolute Gasteiger partial charge is 0.491 e. The molecule has 0 spiro atoms. The second-order valence-electron chi connectivity index (χ2n) is 8.75. The van der Waals surface area contributed by atoms with Crippen molar-refractivity contribution in [1.29, 1.82) is 0 Å². The van der Waals surface area contributed by atoms with Gasteiger partial charge in [0.15, 0.2) is 0 Å². The summed E-state index contributed by atoms with van der Waals surface area (Å²) in [5.74, 6) is -1.25. The number of aliphatic hydroxyl groups excluding tert-OH is 4. The highest BCUT2D eigenvalue weighted by Crippen LogP contribution is 2.36. The highest BCUT2D eigenvalue weighted by Gasteiger charge is 2.19. The van der Waals surface area contributed by atoms with Crippen LogP contribution in [-0.2, 0) is 32.3 Å². The minimum absolute atomic E-state index is 0.0337. The van der Waals surface area contributed by atoms with E-state index in [9.17, 15) is 40.2 Å². The van der Waals surface area contributed by atoms with Gasteiger partial charge in [0, 0.05) is 24.2 Å². The van der Waals surface area contributed by atoms with Crippen molar-refractivity contribution in [2.75, 3.05) is 53.0 Å². The third-order valence-corrected chi connectivity index (χ3v) is 5.62. The summed E-state index contributed by atoms with van der Waals surface area (Å²) in [6, 6.07) is 7.34. The number of carbonyl (C=O) groups is 4. The van der Waals surface area contributed by atoms with Crippen molar-refractivity contribution in [3.8, 4) is 22.6 Å². The first-order valence-electron chi connectivity index (χ1n) is 12.6. The molecule has 6 N–H and O–H groups in total. The summed E-state index contributed by atoms with van der Waals surface area (Å²) in [4.78, 5) is 41.1. The van der Waals surface area contributed by atoms with Crippen molar-refractivity contribution in [2.45, 2.75) is 26.9 Å². The number of carboxylic acids is 2. The SMILES string of the molecule is C=O.C=O.Cc1cc(-c2cc(C)c(OCCO)c(CN(CO)CC(=O)O)c2)cc(CN(CO)CC(=O)O)c1OCCO. The van der Waals surface area contributed by atoms with Crippen LogP contribution in [0.15, 0.2) is 24.3 Å². The lowest BCUT2D eigenvalue weighted by Crippen LogP contribution is -2.30. The van der Waals surface area contributed by atoms with E-state index in [0.717, 1.165) is 22.3 Å². The number of benzene rings is 2. The highest BCUT2D eigenvalue weighted by molar-refractivity contribution is 5.72. The molecule has 42 heavy (non-hydrogen) atoms. The third-order valence-electron chi connectivity index (χ3n) is 5.62. The molecule has 0 aliphatic carbocycles. The number of aliphatic hydroxyl groups is 4. The van der Waals surface area contributed by atoms with E-state index in [2.05, 4.69) is 0 Å². The second-order valence-corrected chi connectivity index (χ2v) is 8.75. The normalized spacial score (nSPS) is 10.4. The van der Waals surface area contributed by atoms with Crippen molar-refractivity contribution >= 4 is 25.5 Å². The van der Waals surface area contributed by atoms with E-state index in [4.69, 9.17) is 19.1 Å². The predicted molar refractivity (Wildman–Crippen MR) is 151 cm³/mol. The Kier molecular flexibility index (Phi) is 18.9. The maximum atomic E-state index is 11.2. The van der Waals surface area contributed by atoms with Crippen LogP contribution in [0.1, 0.15) is 22.3 Å². The van der Waals surface area contributed by atoms with Crippen molar-refractivity contribution in [2.24, 2.45) is 0 Å². The number of carboxylic acid groups (broad SMARTS) is 2. The molecule has 14 nitrogen and oxygen atoms in total. The smallest absolute Gasteiger partial charge is 0.317 e. The van der Waals surface area contributed by atoms with Crippen LogP contribution >= 0.6 is 0 Å². The molecule has 2 aromatic carbocycles. The summed E-state index contributed by atoms with van der Waals surface area (Å²) in [6.07, 6.45) is 0. The zero-order chi connectivity index (χ0) is 32.2. The molecule has 2 aromatic rings. The lowest BCUT2D eigenvalue weighted by atomic mass is 9.95. The van der Waals surface area contributed by atoms with E-state index >= 15 is 0 Å².